The van der Waals surface area contributed by atoms with E-state index in [2.05, 4.69) is 15.3 Å². The minimum absolute atomic E-state index is 0.0497. The van der Waals surface area contributed by atoms with Crippen LogP contribution in [0.5, 0.6) is 0 Å². The predicted octanol–water partition coefficient (Wildman–Crippen LogP) is 3.56. The summed E-state index contributed by atoms with van der Waals surface area (Å²) in [5.74, 6) is -1.99. The number of anilines is 1. The number of carbonyl (C=O) groups excluding carboxylic acids is 1. The van der Waals surface area contributed by atoms with E-state index in [4.69, 9.17) is 17.3 Å². The largest absolute Gasteiger partial charge is 0.386 e. The van der Waals surface area contributed by atoms with Crippen molar-refractivity contribution in [2.45, 2.75) is 43.1 Å². The summed E-state index contributed by atoms with van der Waals surface area (Å²) in [5.41, 5.74) is 5.89. The van der Waals surface area contributed by atoms with Crippen molar-refractivity contribution in [3.05, 3.63) is 64.3 Å². The highest BCUT2D eigenvalue weighted by Crippen LogP contribution is 2.48. The Kier molecular flexibility index (Phi) is 5.23. The lowest BCUT2D eigenvalue weighted by atomic mass is 9.80. The number of alkyl halides is 1. The van der Waals surface area contributed by atoms with E-state index in [9.17, 15) is 22.0 Å². The lowest BCUT2D eigenvalue weighted by Crippen LogP contribution is -2.65. The fraction of sp³-hybridized carbons (Fsp3) is 0.348. The number of fused-ring (bicyclic) bond motifs is 1. The monoisotopic (exact) mass is 521 g/mol. The molecule has 3 N–H and O–H groups in total. The maximum atomic E-state index is 14.9. The van der Waals surface area contributed by atoms with Crippen LogP contribution in [0.15, 0.2) is 41.5 Å². The zero-order chi connectivity index (χ0) is 25.3. The van der Waals surface area contributed by atoms with Crippen LogP contribution >= 0.6 is 11.6 Å². The predicted molar refractivity (Wildman–Crippen MR) is 129 cm³/mol. The molecule has 0 unspecified atom stereocenters. The Morgan fingerprint density at radius 3 is 2.66 bits per heavy atom. The Bertz CT molecular complexity index is 1530. The van der Waals surface area contributed by atoms with Crippen LogP contribution in [-0.4, -0.2) is 46.2 Å². The summed E-state index contributed by atoms with van der Waals surface area (Å²) < 4.78 is 54.9. The molecule has 3 heterocycles. The summed E-state index contributed by atoms with van der Waals surface area (Å²) in [5, 5.41) is 3.16. The van der Waals surface area contributed by atoms with Crippen molar-refractivity contribution in [1.29, 1.82) is 0 Å². The van der Waals surface area contributed by atoms with Crippen molar-refractivity contribution >= 4 is 44.5 Å². The highest BCUT2D eigenvalue weighted by atomic mass is 35.5. The standard InChI is InChI=1S/C23H22ClF2N5O3S/c1-12-19(29-18-6-3-13(24)10-31(12)18)20(32)28-15-4-5-17(26)16(7-15)22(2)11-35(33,34)23(21(27)30-22)8-14(25)9-23/h3-7,10,14H,8-9,11H2,1-2H3,(H2,27,30)(H,28,32)/t14?,22-,23?/m0/s1. The molecule has 35 heavy (non-hydrogen) atoms. The number of sulfone groups is 1. The van der Waals surface area contributed by atoms with Crippen LogP contribution in [0, 0.1) is 12.7 Å². The molecule has 1 spiro atoms. The maximum Gasteiger partial charge on any atom is 0.276 e. The smallest absolute Gasteiger partial charge is 0.276 e. The fourth-order valence-corrected chi connectivity index (χ4v) is 7.51. The molecule has 1 fully saturated rings. The number of aromatic nitrogens is 2. The molecule has 1 aromatic carbocycles. The summed E-state index contributed by atoms with van der Waals surface area (Å²) in [6, 6.07) is 7.14. The van der Waals surface area contributed by atoms with Gasteiger partial charge in [-0.05, 0) is 44.2 Å². The zero-order valence-corrected chi connectivity index (χ0v) is 20.4. The van der Waals surface area contributed by atoms with E-state index in [-0.39, 0.29) is 35.6 Å². The van der Waals surface area contributed by atoms with E-state index in [0.717, 1.165) is 6.07 Å². The van der Waals surface area contributed by atoms with E-state index in [0.29, 0.717) is 16.4 Å². The van der Waals surface area contributed by atoms with Gasteiger partial charge in [-0.25, -0.2) is 22.2 Å². The third-order valence-electron chi connectivity index (χ3n) is 6.84. The number of amides is 1. The number of aryl methyl sites for hydroxylation is 1. The first-order chi connectivity index (χ1) is 16.3. The van der Waals surface area contributed by atoms with Crippen LogP contribution in [0.4, 0.5) is 14.5 Å². The molecule has 184 valence electrons. The fourth-order valence-electron chi connectivity index (χ4n) is 4.88. The van der Waals surface area contributed by atoms with Gasteiger partial charge < -0.3 is 15.5 Å². The van der Waals surface area contributed by atoms with E-state index in [1.165, 1.54) is 19.1 Å². The average Bonchev–Trinajstić information content (AvgIpc) is 3.07. The molecule has 1 atom stereocenters. The molecule has 1 aliphatic heterocycles. The minimum atomic E-state index is -3.92. The normalized spacial score (nSPS) is 27.5. The van der Waals surface area contributed by atoms with Crippen molar-refractivity contribution in [2.24, 2.45) is 10.7 Å². The van der Waals surface area contributed by atoms with Gasteiger partial charge >= 0.3 is 0 Å². The summed E-state index contributed by atoms with van der Waals surface area (Å²) >= 11 is 6.03. The van der Waals surface area contributed by atoms with Gasteiger partial charge in [-0.1, -0.05) is 11.6 Å². The summed E-state index contributed by atoms with van der Waals surface area (Å²) in [6.45, 7) is 3.17. The zero-order valence-electron chi connectivity index (χ0n) is 18.8. The quantitative estimate of drug-likeness (QED) is 0.546. The SMILES string of the molecule is Cc1c(C(=O)Nc2ccc(F)c([C@]3(C)CS(=O)(=O)C4(CC(F)C4)C(N)=N3)c2)nc2ccc(Cl)cn12. The van der Waals surface area contributed by atoms with Gasteiger partial charge in [-0.15, -0.1) is 0 Å². The number of amidine groups is 1. The number of carbonyl (C=O) groups is 1. The molecule has 1 saturated carbocycles. The average molecular weight is 522 g/mol. The molecular formula is C23H22ClF2N5O3S. The first-order valence-electron chi connectivity index (χ1n) is 10.8. The second kappa shape index (κ2) is 7.72. The Morgan fingerprint density at radius 2 is 2.00 bits per heavy atom. The van der Waals surface area contributed by atoms with Crippen LogP contribution < -0.4 is 11.1 Å². The van der Waals surface area contributed by atoms with Crippen LogP contribution in [0.3, 0.4) is 0 Å². The van der Waals surface area contributed by atoms with E-state index in [1.54, 1.807) is 29.7 Å². The van der Waals surface area contributed by atoms with E-state index < -0.39 is 43.8 Å². The molecule has 1 amide bonds. The minimum Gasteiger partial charge on any atom is -0.386 e. The lowest BCUT2D eigenvalue weighted by molar-refractivity contribution is 0.102. The van der Waals surface area contributed by atoms with Crippen molar-refractivity contribution in [3.63, 3.8) is 0 Å². The molecule has 12 heteroatoms. The lowest BCUT2D eigenvalue weighted by Gasteiger charge is -2.48. The van der Waals surface area contributed by atoms with Crippen LogP contribution in [-0.2, 0) is 15.4 Å². The molecule has 2 aliphatic rings. The van der Waals surface area contributed by atoms with Gasteiger partial charge in [0, 0.05) is 30.3 Å². The van der Waals surface area contributed by atoms with E-state index >= 15 is 0 Å². The second-order valence-electron chi connectivity index (χ2n) is 9.30. The molecule has 3 aromatic rings. The molecule has 1 aliphatic carbocycles. The number of halogens is 3. The molecule has 0 radical (unpaired) electrons. The number of aliphatic imine (C=N–C) groups is 1. The Morgan fingerprint density at radius 1 is 1.29 bits per heavy atom. The summed E-state index contributed by atoms with van der Waals surface area (Å²) in [7, 11) is -3.92. The van der Waals surface area contributed by atoms with Gasteiger partial charge in [-0.2, -0.15) is 0 Å². The number of rotatable bonds is 3. The number of hydrogen-bond acceptors (Lipinski definition) is 6. The van der Waals surface area contributed by atoms with Crippen molar-refractivity contribution < 1.29 is 22.0 Å². The van der Waals surface area contributed by atoms with Gasteiger partial charge in [0.2, 0.25) is 0 Å². The first kappa shape index (κ1) is 23.7. The number of imidazole rings is 1. The number of nitrogens with one attached hydrogen (secondary N) is 1. The molecule has 0 saturated heterocycles. The molecule has 0 bridgehead atoms. The topological polar surface area (TPSA) is 119 Å². The highest BCUT2D eigenvalue weighted by Gasteiger charge is 2.61. The Balaban J connectivity index is 1.49. The molecular weight excluding hydrogens is 500 g/mol. The number of benzene rings is 1. The third-order valence-corrected chi connectivity index (χ3v) is 9.74. The van der Waals surface area contributed by atoms with Gasteiger partial charge in [0.05, 0.1) is 16.5 Å². The summed E-state index contributed by atoms with van der Waals surface area (Å²) in [4.78, 5) is 21.6. The third kappa shape index (κ3) is 3.59. The first-order valence-corrected chi connectivity index (χ1v) is 12.9. The van der Waals surface area contributed by atoms with Crippen LogP contribution in [0.25, 0.3) is 5.65 Å². The van der Waals surface area contributed by atoms with E-state index in [1.807, 2.05) is 0 Å². The Hall–Kier alpha value is -3.05. The van der Waals surface area contributed by atoms with Crippen LogP contribution in [0.2, 0.25) is 5.02 Å². The summed E-state index contributed by atoms with van der Waals surface area (Å²) in [6.07, 6.45) is -0.123. The number of hydrogen-bond donors (Lipinski definition) is 2. The van der Waals surface area contributed by atoms with Gasteiger partial charge in [0.1, 0.15) is 39.5 Å². The van der Waals surface area contributed by atoms with Crippen molar-refractivity contribution in [2.75, 3.05) is 11.1 Å². The maximum absolute atomic E-state index is 14.9. The van der Waals surface area contributed by atoms with Gasteiger partial charge in [0.25, 0.3) is 5.91 Å². The van der Waals surface area contributed by atoms with Crippen LogP contribution in [0.1, 0.15) is 41.5 Å². The van der Waals surface area contributed by atoms with Crippen molar-refractivity contribution in [1.82, 2.24) is 9.38 Å². The molecule has 2 aromatic heterocycles. The molecule has 5 rings (SSSR count). The molecule has 8 nitrogen and oxygen atoms in total. The number of pyridine rings is 1. The number of nitrogens with zero attached hydrogens (tertiary/aromatic N) is 3. The highest BCUT2D eigenvalue weighted by molar-refractivity contribution is 7.93. The van der Waals surface area contributed by atoms with Crippen molar-refractivity contribution in [3.8, 4) is 0 Å². The van der Waals surface area contributed by atoms with Gasteiger partial charge in [-0.3, -0.25) is 9.79 Å². The number of nitrogens with two attached hydrogens (primary N) is 1. The van der Waals surface area contributed by atoms with Gasteiger partial charge in [0.15, 0.2) is 9.84 Å². The Labute approximate surface area is 205 Å². The second-order valence-corrected chi connectivity index (χ2v) is 12.0.